The van der Waals surface area contributed by atoms with Crippen LogP contribution in [-0.2, 0) is 0 Å². The van der Waals surface area contributed by atoms with Crippen LogP contribution in [-0.4, -0.2) is 17.8 Å². The molecule has 1 aliphatic rings. The largest absolute Gasteiger partial charge is 0.497 e. The number of thiazole rings is 1. The molecule has 0 unspecified atom stereocenters. The second kappa shape index (κ2) is 6.92. The summed E-state index contributed by atoms with van der Waals surface area (Å²) in [7, 11) is 1.69. The predicted molar refractivity (Wildman–Crippen MR) is 107 cm³/mol. The zero-order chi connectivity index (χ0) is 18.1. The van der Waals surface area contributed by atoms with Crippen molar-refractivity contribution in [3.63, 3.8) is 0 Å². The van der Waals surface area contributed by atoms with Crippen LogP contribution in [0.3, 0.4) is 0 Å². The summed E-state index contributed by atoms with van der Waals surface area (Å²) >= 11 is 1.64. The van der Waals surface area contributed by atoms with Gasteiger partial charge in [-0.15, -0.1) is 11.3 Å². The minimum atomic E-state index is 0.156. The van der Waals surface area contributed by atoms with Crippen molar-refractivity contribution in [3.05, 3.63) is 76.3 Å². The summed E-state index contributed by atoms with van der Waals surface area (Å²) in [5, 5.41) is 10.0. The number of aromatic nitrogens is 1. The van der Waals surface area contributed by atoms with Crippen LogP contribution < -0.4 is 9.75 Å². The zero-order valence-electron chi connectivity index (χ0n) is 15.1. The van der Waals surface area contributed by atoms with Crippen molar-refractivity contribution >= 4 is 22.2 Å². The van der Waals surface area contributed by atoms with Crippen LogP contribution in [0.4, 0.5) is 5.13 Å². The number of hydrazone groups is 1. The average molecular weight is 363 g/mol. The van der Waals surface area contributed by atoms with E-state index in [-0.39, 0.29) is 6.04 Å². The maximum absolute atomic E-state index is 5.38. The average Bonchev–Trinajstić information content (AvgIpc) is 3.28. The molecule has 0 amide bonds. The lowest BCUT2D eigenvalue weighted by Crippen LogP contribution is -2.19. The van der Waals surface area contributed by atoms with Crippen molar-refractivity contribution in [3.8, 4) is 5.75 Å². The smallest absolute Gasteiger partial charge is 0.206 e. The van der Waals surface area contributed by atoms with E-state index in [1.54, 1.807) is 18.4 Å². The molecule has 132 valence electrons. The molecule has 1 aromatic heterocycles. The van der Waals surface area contributed by atoms with E-state index in [0.29, 0.717) is 0 Å². The SMILES string of the molecule is COc1cccc(C2=NN(c3nc(C)cs3)[C@H](c3ccccc3C)C2)c1. The highest BCUT2D eigenvalue weighted by Crippen LogP contribution is 2.39. The summed E-state index contributed by atoms with van der Waals surface area (Å²) in [6, 6.07) is 16.8. The van der Waals surface area contributed by atoms with Crippen LogP contribution in [0.25, 0.3) is 0 Å². The number of rotatable bonds is 4. The van der Waals surface area contributed by atoms with E-state index in [2.05, 4.69) is 52.6 Å². The first kappa shape index (κ1) is 16.8. The van der Waals surface area contributed by atoms with Crippen molar-refractivity contribution in [1.29, 1.82) is 0 Å². The molecule has 0 saturated carbocycles. The van der Waals surface area contributed by atoms with Crippen LogP contribution in [0.5, 0.6) is 5.75 Å². The number of hydrogen-bond acceptors (Lipinski definition) is 5. The lowest BCUT2D eigenvalue weighted by atomic mass is 9.95. The maximum Gasteiger partial charge on any atom is 0.206 e. The summed E-state index contributed by atoms with van der Waals surface area (Å²) in [5.74, 6) is 0.848. The van der Waals surface area contributed by atoms with Gasteiger partial charge in [0.25, 0.3) is 0 Å². The van der Waals surface area contributed by atoms with Crippen molar-refractivity contribution in [2.24, 2.45) is 5.10 Å². The first-order valence-electron chi connectivity index (χ1n) is 8.64. The molecule has 4 rings (SSSR count). The Morgan fingerprint density at radius 3 is 2.69 bits per heavy atom. The Morgan fingerprint density at radius 1 is 1.12 bits per heavy atom. The number of nitrogens with zero attached hydrogens (tertiary/aromatic N) is 3. The van der Waals surface area contributed by atoms with Gasteiger partial charge in [0.2, 0.25) is 5.13 Å². The third-order valence-electron chi connectivity index (χ3n) is 4.66. The van der Waals surface area contributed by atoms with E-state index in [4.69, 9.17) is 9.84 Å². The molecule has 1 atom stereocenters. The fraction of sp³-hybridized carbons (Fsp3) is 0.238. The Bertz CT molecular complexity index is 963. The molecule has 0 fully saturated rings. The number of methoxy groups -OCH3 is 1. The molecule has 26 heavy (non-hydrogen) atoms. The summed E-state index contributed by atoms with van der Waals surface area (Å²) < 4.78 is 5.38. The van der Waals surface area contributed by atoms with Crippen molar-refractivity contribution < 1.29 is 4.74 Å². The summed E-state index contributed by atoms with van der Waals surface area (Å²) in [4.78, 5) is 4.67. The minimum Gasteiger partial charge on any atom is -0.497 e. The maximum atomic E-state index is 5.38. The lowest BCUT2D eigenvalue weighted by Gasteiger charge is -2.22. The van der Waals surface area contributed by atoms with Crippen molar-refractivity contribution in [2.45, 2.75) is 26.3 Å². The summed E-state index contributed by atoms with van der Waals surface area (Å²) in [5.41, 5.74) is 5.75. The van der Waals surface area contributed by atoms with Crippen molar-refractivity contribution in [1.82, 2.24) is 4.98 Å². The Morgan fingerprint density at radius 2 is 1.96 bits per heavy atom. The van der Waals surface area contributed by atoms with Gasteiger partial charge in [-0.25, -0.2) is 9.99 Å². The second-order valence-electron chi connectivity index (χ2n) is 6.47. The molecule has 2 heterocycles. The molecule has 4 nitrogen and oxygen atoms in total. The monoisotopic (exact) mass is 363 g/mol. The van der Waals surface area contributed by atoms with E-state index < -0.39 is 0 Å². The highest BCUT2D eigenvalue weighted by Gasteiger charge is 2.32. The second-order valence-corrected chi connectivity index (χ2v) is 7.31. The fourth-order valence-corrected chi connectivity index (χ4v) is 4.11. The molecular formula is C21H21N3OS. The van der Waals surface area contributed by atoms with Gasteiger partial charge in [-0.3, -0.25) is 0 Å². The molecule has 0 bridgehead atoms. The van der Waals surface area contributed by atoms with Crippen LogP contribution in [0.15, 0.2) is 59.0 Å². The van der Waals surface area contributed by atoms with Crippen LogP contribution >= 0.6 is 11.3 Å². The zero-order valence-corrected chi connectivity index (χ0v) is 16.0. The molecule has 3 aromatic rings. The number of ether oxygens (including phenoxy) is 1. The summed E-state index contributed by atoms with van der Waals surface area (Å²) in [6.07, 6.45) is 0.844. The van der Waals surface area contributed by atoms with Gasteiger partial charge in [-0.05, 0) is 37.1 Å². The number of benzene rings is 2. The molecular weight excluding hydrogens is 342 g/mol. The molecule has 0 radical (unpaired) electrons. The molecule has 0 aliphatic carbocycles. The normalized spacial score (nSPS) is 16.7. The van der Waals surface area contributed by atoms with E-state index in [9.17, 15) is 0 Å². The Balaban J connectivity index is 1.77. The quantitative estimate of drug-likeness (QED) is 0.645. The third kappa shape index (κ3) is 3.10. The van der Waals surface area contributed by atoms with Gasteiger partial charge in [0.05, 0.1) is 24.6 Å². The first-order chi connectivity index (χ1) is 12.7. The van der Waals surface area contributed by atoms with Gasteiger partial charge < -0.3 is 4.74 Å². The molecule has 0 N–H and O–H groups in total. The standard InChI is InChI=1S/C21H21N3OS/c1-14-7-4-5-10-18(14)20-12-19(16-8-6-9-17(11-16)25-3)23-24(20)21-22-15(2)13-26-21/h4-11,13,20H,12H2,1-3H3/t20-/m0/s1. The number of anilines is 1. The van der Waals surface area contributed by atoms with Gasteiger partial charge in [0, 0.05) is 17.4 Å². The predicted octanol–water partition coefficient (Wildman–Crippen LogP) is 5.12. The van der Waals surface area contributed by atoms with E-state index >= 15 is 0 Å². The minimum absolute atomic E-state index is 0.156. The first-order valence-corrected chi connectivity index (χ1v) is 9.52. The van der Waals surface area contributed by atoms with Gasteiger partial charge in [0.1, 0.15) is 5.75 Å². The molecule has 2 aromatic carbocycles. The highest BCUT2D eigenvalue weighted by molar-refractivity contribution is 7.13. The molecule has 0 saturated heterocycles. The molecule has 1 aliphatic heterocycles. The summed E-state index contributed by atoms with van der Waals surface area (Å²) in [6.45, 7) is 4.18. The van der Waals surface area contributed by atoms with Crippen LogP contribution in [0, 0.1) is 13.8 Å². The van der Waals surface area contributed by atoms with Crippen molar-refractivity contribution in [2.75, 3.05) is 12.1 Å². The van der Waals surface area contributed by atoms with Gasteiger partial charge in [-0.2, -0.15) is 5.10 Å². The van der Waals surface area contributed by atoms with E-state index in [1.165, 1.54) is 11.1 Å². The van der Waals surface area contributed by atoms with Crippen LogP contribution in [0.1, 0.15) is 34.8 Å². The van der Waals surface area contributed by atoms with Gasteiger partial charge in [-0.1, -0.05) is 36.4 Å². The highest BCUT2D eigenvalue weighted by atomic mass is 32.1. The van der Waals surface area contributed by atoms with Gasteiger partial charge >= 0.3 is 0 Å². The molecule has 5 heteroatoms. The van der Waals surface area contributed by atoms with E-state index in [1.807, 2.05) is 25.1 Å². The van der Waals surface area contributed by atoms with E-state index in [0.717, 1.165) is 34.3 Å². The topological polar surface area (TPSA) is 37.7 Å². The molecule has 0 spiro atoms. The fourth-order valence-electron chi connectivity index (χ4n) is 3.31. The Labute approximate surface area is 157 Å². The lowest BCUT2D eigenvalue weighted by molar-refractivity contribution is 0.414. The number of aryl methyl sites for hydroxylation is 2. The number of hydrogen-bond donors (Lipinski definition) is 0. The van der Waals surface area contributed by atoms with Crippen LogP contribution in [0.2, 0.25) is 0 Å². The third-order valence-corrected chi connectivity index (χ3v) is 5.61. The van der Waals surface area contributed by atoms with Gasteiger partial charge in [0.15, 0.2) is 0 Å². The Kier molecular flexibility index (Phi) is 4.47. The Hall–Kier alpha value is -2.66.